The Bertz CT molecular complexity index is 369. The molecular weight excluding hydrogens is 274 g/mol. The normalized spacial score (nSPS) is 10.2. The summed E-state index contributed by atoms with van der Waals surface area (Å²) in [6.45, 7) is 0.787. The minimum Gasteiger partial charge on any atom is -0.506 e. The molecule has 16 heavy (non-hydrogen) atoms. The minimum atomic E-state index is 0.202. The standard InChI is InChI=1S/C11H16BrNO3/c1-13-5-4-7-6-8(15-2)11(16-3)9(12)10(7)14/h6,13-14H,4-5H2,1-3H3. The van der Waals surface area contributed by atoms with Gasteiger partial charge < -0.3 is 19.9 Å². The summed E-state index contributed by atoms with van der Waals surface area (Å²) in [6, 6.07) is 1.79. The van der Waals surface area contributed by atoms with Crippen molar-refractivity contribution in [2.45, 2.75) is 6.42 Å². The van der Waals surface area contributed by atoms with Gasteiger partial charge in [-0.25, -0.2) is 0 Å². The molecule has 1 aromatic rings. The predicted molar refractivity (Wildman–Crippen MR) is 66.5 cm³/mol. The number of benzene rings is 1. The fourth-order valence-corrected chi connectivity index (χ4v) is 2.05. The zero-order valence-electron chi connectivity index (χ0n) is 9.63. The molecule has 5 heteroatoms. The molecule has 0 fully saturated rings. The molecule has 0 spiro atoms. The Kier molecular flexibility index (Phi) is 4.89. The van der Waals surface area contributed by atoms with Gasteiger partial charge >= 0.3 is 0 Å². The van der Waals surface area contributed by atoms with Gasteiger partial charge in [-0.1, -0.05) is 0 Å². The average Bonchev–Trinajstić information content (AvgIpc) is 2.30. The summed E-state index contributed by atoms with van der Waals surface area (Å²) < 4.78 is 10.9. The van der Waals surface area contributed by atoms with Gasteiger partial charge in [0.2, 0.25) is 0 Å². The van der Waals surface area contributed by atoms with Gasteiger partial charge in [0.15, 0.2) is 11.5 Å². The quantitative estimate of drug-likeness (QED) is 0.870. The first-order valence-electron chi connectivity index (χ1n) is 4.92. The van der Waals surface area contributed by atoms with Crippen molar-refractivity contribution in [3.63, 3.8) is 0 Å². The third-order valence-corrected chi connectivity index (χ3v) is 3.04. The van der Waals surface area contributed by atoms with Crippen molar-refractivity contribution in [2.24, 2.45) is 0 Å². The lowest BCUT2D eigenvalue weighted by molar-refractivity contribution is 0.347. The van der Waals surface area contributed by atoms with Crippen LogP contribution >= 0.6 is 15.9 Å². The SMILES string of the molecule is CNCCc1cc(OC)c(OC)c(Br)c1O. The Labute approximate surface area is 104 Å². The van der Waals surface area contributed by atoms with Crippen LogP contribution in [0.2, 0.25) is 0 Å². The van der Waals surface area contributed by atoms with Gasteiger partial charge in [-0.2, -0.15) is 0 Å². The Hall–Kier alpha value is -0.940. The number of likely N-dealkylation sites (N-methyl/N-ethyl adjacent to an activating group) is 1. The monoisotopic (exact) mass is 289 g/mol. The van der Waals surface area contributed by atoms with E-state index in [-0.39, 0.29) is 5.75 Å². The number of phenols is 1. The second-order valence-corrected chi connectivity index (χ2v) is 4.08. The first kappa shape index (κ1) is 13.1. The summed E-state index contributed by atoms with van der Waals surface area (Å²) in [6.07, 6.45) is 0.723. The Balaban J connectivity index is 3.16. The molecular formula is C11H16BrNO3. The smallest absolute Gasteiger partial charge is 0.178 e. The third kappa shape index (κ3) is 2.59. The van der Waals surface area contributed by atoms with Crippen molar-refractivity contribution >= 4 is 15.9 Å². The summed E-state index contributed by atoms with van der Waals surface area (Å²) in [4.78, 5) is 0. The van der Waals surface area contributed by atoms with Gasteiger partial charge in [0.25, 0.3) is 0 Å². The van der Waals surface area contributed by atoms with Crippen LogP contribution in [0.4, 0.5) is 0 Å². The van der Waals surface area contributed by atoms with E-state index in [4.69, 9.17) is 9.47 Å². The van der Waals surface area contributed by atoms with E-state index < -0.39 is 0 Å². The zero-order chi connectivity index (χ0) is 12.1. The molecule has 2 N–H and O–H groups in total. The van der Waals surface area contributed by atoms with Gasteiger partial charge in [-0.05, 0) is 42.0 Å². The van der Waals surface area contributed by atoms with E-state index >= 15 is 0 Å². The summed E-state index contributed by atoms with van der Waals surface area (Å²) in [5, 5.41) is 13.0. The van der Waals surface area contributed by atoms with E-state index in [0.717, 1.165) is 18.5 Å². The highest BCUT2D eigenvalue weighted by molar-refractivity contribution is 9.10. The molecule has 0 heterocycles. The Morgan fingerprint density at radius 3 is 2.56 bits per heavy atom. The second kappa shape index (κ2) is 5.96. The highest BCUT2D eigenvalue weighted by atomic mass is 79.9. The van der Waals surface area contributed by atoms with Gasteiger partial charge in [-0.15, -0.1) is 0 Å². The predicted octanol–water partition coefficient (Wildman–Crippen LogP) is 1.93. The first-order chi connectivity index (χ1) is 7.65. The van der Waals surface area contributed by atoms with Gasteiger partial charge in [0, 0.05) is 5.56 Å². The molecule has 0 aromatic heterocycles. The number of hydrogen-bond acceptors (Lipinski definition) is 4. The van der Waals surface area contributed by atoms with E-state index in [0.29, 0.717) is 16.0 Å². The van der Waals surface area contributed by atoms with Crippen LogP contribution in [0.15, 0.2) is 10.5 Å². The summed E-state index contributed by atoms with van der Waals surface area (Å²) in [5.74, 6) is 1.32. The summed E-state index contributed by atoms with van der Waals surface area (Å²) >= 11 is 3.30. The third-order valence-electron chi connectivity index (χ3n) is 2.31. The largest absolute Gasteiger partial charge is 0.506 e. The molecule has 1 aromatic carbocycles. The molecule has 0 amide bonds. The fraction of sp³-hybridized carbons (Fsp3) is 0.455. The topological polar surface area (TPSA) is 50.7 Å². The van der Waals surface area contributed by atoms with Crippen molar-refractivity contribution < 1.29 is 14.6 Å². The lowest BCUT2D eigenvalue weighted by Gasteiger charge is -2.14. The Morgan fingerprint density at radius 1 is 1.38 bits per heavy atom. The molecule has 0 aliphatic rings. The van der Waals surface area contributed by atoms with Crippen LogP contribution in [0.25, 0.3) is 0 Å². The molecule has 0 radical (unpaired) electrons. The van der Waals surface area contributed by atoms with Crippen LogP contribution in [0.3, 0.4) is 0 Å². The molecule has 0 aliphatic carbocycles. The van der Waals surface area contributed by atoms with E-state index in [9.17, 15) is 5.11 Å². The van der Waals surface area contributed by atoms with E-state index in [1.165, 1.54) is 7.11 Å². The van der Waals surface area contributed by atoms with Gasteiger partial charge in [-0.3, -0.25) is 0 Å². The lowest BCUT2D eigenvalue weighted by atomic mass is 10.1. The van der Waals surface area contributed by atoms with Crippen molar-refractivity contribution in [1.29, 1.82) is 0 Å². The summed E-state index contributed by atoms with van der Waals surface area (Å²) in [7, 11) is 4.98. The van der Waals surface area contributed by atoms with Crippen LogP contribution in [-0.4, -0.2) is 32.9 Å². The van der Waals surface area contributed by atoms with E-state index in [1.54, 1.807) is 13.2 Å². The first-order valence-corrected chi connectivity index (χ1v) is 5.71. The average molecular weight is 290 g/mol. The number of hydrogen-bond donors (Lipinski definition) is 2. The zero-order valence-corrected chi connectivity index (χ0v) is 11.2. The van der Waals surface area contributed by atoms with Crippen molar-refractivity contribution in [1.82, 2.24) is 5.32 Å². The second-order valence-electron chi connectivity index (χ2n) is 3.29. The maximum atomic E-state index is 9.95. The Morgan fingerprint density at radius 2 is 2.06 bits per heavy atom. The van der Waals surface area contributed by atoms with E-state index in [2.05, 4.69) is 21.2 Å². The van der Waals surface area contributed by atoms with E-state index in [1.807, 2.05) is 7.05 Å². The van der Waals surface area contributed by atoms with Crippen molar-refractivity contribution in [3.8, 4) is 17.2 Å². The number of methoxy groups -OCH3 is 2. The van der Waals surface area contributed by atoms with Gasteiger partial charge in [0.1, 0.15) is 10.2 Å². The minimum absolute atomic E-state index is 0.202. The number of ether oxygens (including phenoxy) is 2. The summed E-state index contributed by atoms with van der Waals surface area (Å²) in [5.41, 5.74) is 0.818. The van der Waals surface area contributed by atoms with Crippen LogP contribution in [0.5, 0.6) is 17.2 Å². The van der Waals surface area contributed by atoms with Crippen LogP contribution in [0.1, 0.15) is 5.56 Å². The molecule has 4 nitrogen and oxygen atoms in total. The van der Waals surface area contributed by atoms with Crippen molar-refractivity contribution in [3.05, 3.63) is 16.1 Å². The number of phenolic OH excluding ortho intramolecular Hbond substituents is 1. The molecule has 0 aliphatic heterocycles. The van der Waals surface area contributed by atoms with Crippen LogP contribution in [-0.2, 0) is 6.42 Å². The molecule has 0 atom stereocenters. The molecule has 0 bridgehead atoms. The molecule has 1 rings (SSSR count). The molecule has 90 valence electrons. The van der Waals surface area contributed by atoms with Crippen LogP contribution < -0.4 is 14.8 Å². The molecule has 0 saturated carbocycles. The van der Waals surface area contributed by atoms with Crippen molar-refractivity contribution in [2.75, 3.05) is 27.8 Å². The highest BCUT2D eigenvalue weighted by Gasteiger charge is 2.16. The molecule has 0 unspecified atom stereocenters. The maximum absolute atomic E-state index is 9.95. The number of halogens is 1. The number of aromatic hydroxyl groups is 1. The highest BCUT2D eigenvalue weighted by Crippen LogP contribution is 2.43. The lowest BCUT2D eigenvalue weighted by Crippen LogP contribution is -2.10. The number of rotatable bonds is 5. The van der Waals surface area contributed by atoms with Gasteiger partial charge in [0.05, 0.1) is 14.2 Å². The number of nitrogens with one attached hydrogen (secondary N) is 1. The molecule has 0 saturated heterocycles. The fourth-order valence-electron chi connectivity index (χ4n) is 1.44. The van der Waals surface area contributed by atoms with Crippen LogP contribution in [0, 0.1) is 0 Å². The maximum Gasteiger partial charge on any atom is 0.178 e.